The number of nitriles is 1. The Balaban J connectivity index is 2.18. The molecule has 1 aromatic rings. The topological polar surface area (TPSA) is 104 Å². The molecule has 1 saturated carbocycles. The average Bonchev–Trinajstić information content (AvgIpc) is 2.50. The molecule has 0 saturated heterocycles. The van der Waals surface area contributed by atoms with Gasteiger partial charge in [0.1, 0.15) is 17.5 Å². The molecule has 0 bridgehead atoms. The number of nitrogens with two attached hydrogens (primary N) is 2. The van der Waals surface area contributed by atoms with Crippen molar-refractivity contribution in [1.29, 1.82) is 5.26 Å². The van der Waals surface area contributed by atoms with E-state index < -0.39 is 11.5 Å². The quantitative estimate of drug-likeness (QED) is 0.783. The van der Waals surface area contributed by atoms with Crippen molar-refractivity contribution in [2.24, 2.45) is 21.5 Å². The number of nitrogens with zero attached hydrogens (tertiary/aromatic N) is 4. The van der Waals surface area contributed by atoms with E-state index in [1.165, 1.54) is 6.07 Å². The molecule has 0 aromatic heterocycles. The van der Waals surface area contributed by atoms with Gasteiger partial charge in [0.15, 0.2) is 0 Å². The lowest BCUT2D eigenvalue weighted by Gasteiger charge is -2.45. The number of halogens is 2. The molecule has 1 aromatic carbocycles. The van der Waals surface area contributed by atoms with Gasteiger partial charge in [-0.05, 0) is 53.7 Å². The number of rotatable bonds is 1. The van der Waals surface area contributed by atoms with Crippen LogP contribution in [-0.2, 0) is 0 Å². The van der Waals surface area contributed by atoms with Gasteiger partial charge in [0.2, 0.25) is 11.9 Å². The minimum atomic E-state index is -0.656. The molecule has 0 unspecified atom stereocenters. The lowest BCUT2D eigenvalue weighted by Crippen LogP contribution is -2.58. The summed E-state index contributed by atoms with van der Waals surface area (Å²) in [7, 11) is 0. The molecule has 23 heavy (non-hydrogen) atoms. The number of guanidine groups is 2. The molecule has 1 heterocycles. The number of benzene rings is 1. The fourth-order valence-electron chi connectivity index (χ4n) is 3.28. The van der Waals surface area contributed by atoms with Crippen LogP contribution < -0.4 is 16.4 Å². The highest BCUT2D eigenvalue weighted by Crippen LogP contribution is 2.41. The van der Waals surface area contributed by atoms with Gasteiger partial charge in [-0.3, -0.25) is 4.90 Å². The summed E-state index contributed by atoms with van der Waals surface area (Å²) in [5, 5.41) is 9.39. The molecule has 1 aliphatic heterocycles. The maximum absolute atomic E-state index is 13.8. The number of aliphatic imine (C=N–C) groups is 2. The molecular formula is C15H16BrFN6. The zero-order chi connectivity index (χ0) is 16.6. The minimum absolute atomic E-state index is 0.139. The standard InChI is InChI=1S/C15H16BrFN6/c16-10-7-12(9(8-18)6-11(10)17)23-14(20)21-13(19)22-15(23)4-2-1-3-5-15/h6-7H,1-5H2,(H4,19,20,21,22). The largest absolute Gasteiger partial charge is 0.369 e. The van der Waals surface area contributed by atoms with Crippen molar-refractivity contribution in [2.75, 3.05) is 4.90 Å². The van der Waals surface area contributed by atoms with E-state index in [9.17, 15) is 9.65 Å². The Bertz CT molecular complexity index is 745. The smallest absolute Gasteiger partial charge is 0.220 e. The molecular weight excluding hydrogens is 363 g/mol. The number of hydrogen-bond acceptors (Lipinski definition) is 6. The fraction of sp³-hybridized carbons (Fsp3) is 0.400. The maximum atomic E-state index is 13.8. The molecule has 1 aliphatic carbocycles. The van der Waals surface area contributed by atoms with Crippen LogP contribution in [0.5, 0.6) is 0 Å². The molecule has 120 valence electrons. The second kappa shape index (κ2) is 5.81. The van der Waals surface area contributed by atoms with Gasteiger partial charge in [-0.1, -0.05) is 6.42 Å². The highest BCUT2D eigenvalue weighted by molar-refractivity contribution is 9.10. The van der Waals surface area contributed by atoms with Crippen LogP contribution in [0, 0.1) is 17.1 Å². The Labute approximate surface area is 141 Å². The van der Waals surface area contributed by atoms with Crippen molar-refractivity contribution in [3.05, 3.63) is 28.0 Å². The van der Waals surface area contributed by atoms with Gasteiger partial charge in [-0.25, -0.2) is 9.38 Å². The Kier molecular flexibility index (Phi) is 3.98. The van der Waals surface area contributed by atoms with Gasteiger partial charge >= 0.3 is 0 Å². The number of anilines is 1. The molecule has 2 aliphatic rings. The van der Waals surface area contributed by atoms with Crippen LogP contribution in [0.2, 0.25) is 0 Å². The van der Waals surface area contributed by atoms with Gasteiger partial charge in [0, 0.05) is 0 Å². The van der Waals surface area contributed by atoms with Crippen molar-refractivity contribution in [3.63, 3.8) is 0 Å². The molecule has 1 fully saturated rings. The second-order valence-corrected chi connectivity index (χ2v) is 6.57. The van der Waals surface area contributed by atoms with Gasteiger partial charge < -0.3 is 11.5 Å². The van der Waals surface area contributed by atoms with Crippen LogP contribution in [0.4, 0.5) is 10.1 Å². The van der Waals surface area contributed by atoms with Gasteiger partial charge in [-0.15, -0.1) is 0 Å². The summed E-state index contributed by atoms with van der Waals surface area (Å²) < 4.78 is 14.0. The van der Waals surface area contributed by atoms with E-state index in [0.717, 1.165) is 32.1 Å². The van der Waals surface area contributed by atoms with Crippen molar-refractivity contribution in [2.45, 2.75) is 37.8 Å². The fourth-order valence-corrected chi connectivity index (χ4v) is 3.61. The summed E-state index contributed by atoms with van der Waals surface area (Å²) in [6.45, 7) is 0. The van der Waals surface area contributed by atoms with Crippen molar-refractivity contribution < 1.29 is 4.39 Å². The Morgan fingerprint density at radius 1 is 1.26 bits per heavy atom. The summed E-state index contributed by atoms with van der Waals surface area (Å²) >= 11 is 3.17. The Hall–Kier alpha value is -2.14. The lowest BCUT2D eigenvalue weighted by molar-refractivity contribution is 0.305. The third-order valence-corrected chi connectivity index (χ3v) is 4.86. The van der Waals surface area contributed by atoms with Crippen LogP contribution in [0.15, 0.2) is 26.6 Å². The molecule has 3 rings (SSSR count). The second-order valence-electron chi connectivity index (χ2n) is 5.71. The van der Waals surface area contributed by atoms with Gasteiger partial charge in [0.25, 0.3) is 0 Å². The molecule has 1 spiro atoms. The van der Waals surface area contributed by atoms with Crippen LogP contribution in [0.25, 0.3) is 0 Å². The normalized spacial score (nSPS) is 20.0. The van der Waals surface area contributed by atoms with Gasteiger partial charge in [-0.2, -0.15) is 10.3 Å². The zero-order valence-corrected chi connectivity index (χ0v) is 14.0. The molecule has 8 heteroatoms. The summed E-state index contributed by atoms with van der Waals surface area (Å²) in [4.78, 5) is 10.3. The molecule has 0 amide bonds. The molecule has 6 nitrogen and oxygen atoms in total. The van der Waals surface area contributed by atoms with Crippen molar-refractivity contribution in [3.8, 4) is 6.07 Å². The SMILES string of the molecule is N#Cc1cc(F)c(Br)cc1N1C(N)=NC(N)=NC12CCCCC2. The zero-order valence-electron chi connectivity index (χ0n) is 12.4. The van der Waals surface area contributed by atoms with E-state index in [1.807, 2.05) is 6.07 Å². The van der Waals surface area contributed by atoms with Crippen molar-refractivity contribution in [1.82, 2.24) is 0 Å². The first-order chi connectivity index (χ1) is 11.0. The van der Waals surface area contributed by atoms with E-state index in [4.69, 9.17) is 11.5 Å². The summed E-state index contributed by atoms with van der Waals surface area (Å²) in [6.07, 6.45) is 4.57. The lowest BCUT2D eigenvalue weighted by atomic mass is 9.87. The highest BCUT2D eigenvalue weighted by Gasteiger charge is 2.43. The van der Waals surface area contributed by atoms with Crippen LogP contribution in [0.1, 0.15) is 37.7 Å². The van der Waals surface area contributed by atoms with E-state index in [-0.39, 0.29) is 22.0 Å². The van der Waals surface area contributed by atoms with E-state index in [0.29, 0.717) is 5.69 Å². The summed E-state index contributed by atoms with van der Waals surface area (Å²) in [5.41, 5.74) is 11.9. The Morgan fingerprint density at radius 3 is 2.61 bits per heavy atom. The van der Waals surface area contributed by atoms with Crippen molar-refractivity contribution >= 4 is 33.5 Å². The van der Waals surface area contributed by atoms with Crippen LogP contribution >= 0.6 is 15.9 Å². The molecule has 0 radical (unpaired) electrons. The minimum Gasteiger partial charge on any atom is -0.369 e. The van der Waals surface area contributed by atoms with Crippen LogP contribution in [-0.4, -0.2) is 17.6 Å². The first kappa shape index (κ1) is 15.7. The first-order valence-corrected chi connectivity index (χ1v) is 8.15. The van der Waals surface area contributed by atoms with E-state index in [1.54, 1.807) is 11.0 Å². The summed E-state index contributed by atoms with van der Waals surface area (Å²) in [6, 6.07) is 4.75. The average molecular weight is 379 g/mol. The highest BCUT2D eigenvalue weighted by atomic mass is 79.9. The predicted octanol–water partition coefficient (Wildman–Crippen LogP) is 2.57. The van der Waals surface area contributed by atoms with E-state index >= 15 is 0 Å². The molecule has 0 atom stereocenters. The summed E-state index contributed by atoms with van der Waals surface area (Å²) in [5.74, 6) is -0.187. The third-order valence-electron chi connectivity index (χ3n) is 4.25. The number of hydrogen-bond donors (Lipinski definition) is 2. The third kappa shape index (κ3) is 2.65. The Morgan fingerprint density at radius 2 is 1.96 bits per heavy atom. The maximum Gasteiger partial charge on any atom is 0.220 e. The monoisotopic (exact) mass is 378 g/mol. The van der Waals surface area contributed by atoms with E-state index in [2.05, 4.69) is 25.9 Å². The van der Waals surface area contributed by atoms with Crippen LogP contribution in [0.3, 0.4) is 0 Å². The predicted molar refractivity (Wildman–Crippen MR) is 90.4 cm³/mol. The molecule has 4 N–H and O–H groups in total. The van der Waals surface area contributed by atoms with Gasteiger partial charge in [0.05, 0.1) is 15.7 Å². The first-order valence-electron chi connectivity index (χ1n) is 7.36.